The van der Waals surface area contributed by atoms with Gasteiger partial charge in [-0.25, -0.2) is 0 Å². The van der Waals surface area contributed by atoms with E-state index in [2.05, 4.69) is 10.3 Å². The summed E-state index contributed by atoms with van der Waals surface area (Å²) in [4.78, 5) is 3.75. The quantitative estimate of drug-likeness (QED) is 0.785. The summed E-state index contributed by atoms with van der Waals surface area (Å²) in [6, 6.07) is 2.29. The highest BCUT2D eigenvalue weighted by atomic mass is 19.4. The maximum atomic E-state index is 12.7. The molecule has 0 radical (unpaired) electrons. The number of hydrogen-bond acceptors (Lipinski definition) is 3. The van der Waals surface area contributed by atoms with E-state index in [-0.39, 0.29) is 18.2 Å². The van der Waals surface area contributed by atoms with Gasteiger partial charge >= 0.3 is 6.18 Å². The van der Waals surface area contributed by atoms with Crippen LogP contribution in [0.5, 0.6) is 0 Å². The zero-order chi connectivity index (χ0) is 14.5. The van der Waals surface area contributed by atoms with Crippen LogP contribution in [0.15, 0.2) is 18.3 Å². The Morgan fingerprint density at radius 3 is 2.63 bits per heavy atom. The lowest BCUT2D eigenvalue weighted by Gasteiger charge is -2.15. The van der Waals surface area contributed by atoms with E-state index in [0.717, 1.165) is 6.07 Å². The van der Waals surface area contributed by atoms with Gasteiger partial charge in [-0.3, -0.25) is 4.98 Å². The van der Waals surface area contributed by atoms with Gasteiger partial charge in [0, 0.05) is 12.7 Å². The van der Waals surface area contributed by atoms with E-state index in [1.165, 1.54) is 12.3 Å². The van der Waals surface area contributed by atoms with Crippen molar-refractivity contribution in [2.75, 3.05) is 6.54 Å². The highest BCUT2D eigenvalue weighted by Crippen LogP contribution is 2.30. The molecular weight excluding hydrogens is 257 g/mol. The Bertz CT molecular complexity index is 394. The fourth-order valence-electron chi connectivity index (χ4n) is 1.63. The van der Waals surface area contributed by atoms with Gasteiger partial charge in [0.1, 0.15) is 0 Å². The molecule has 1 heterocycles. The normalized spacial score (nSPS) is 13.8. The number of aliphatic hydroxyl groups is 1. The fraction of sp³-hybridized carbons (Fsp3) is 0.615. The van der Waals surface area contributed by atoms with Crippen molar-refractivity contribution in [2.45, 2.75) is 39.1 Å². The molecule has 1 atom stereocenters. The molecular formula is C13H19F3N2O. The van der Waals surface area contributed by atoms with E-state index < -0.39 is 17.8 Å². The van der Waals surface area contributed by atoms with Crippen LogP contribution in [0.4, 0.5) is 13.2 Å². The first kappa shape index (κ1) is 15.9. The molecule has 0 fully saturated rings. The molecule has 0 saturated heterocycles. The zero-order valence-electron chi connectivity index (χ0n) is 11.0. The summed E-state index contributed by atoms with van der Waals surface area (Å²) in [6.45, 7) is 4.28. The largest absolute Gasteiger partial charge is 0.418 e. The van der Waals surface area contributed by atoms with Crippen LogP contribution in [0.25, 0.3) is 0 Å². The Kier molecular flexibility index (Phi) is 5.75. The first-order chi connectivity index (χ1) is 8.82. The van der Waals surface area contributed by atoms with E-state index in [1.807, 2.05) is 13.8 Å². The van der Waals surface area contributed by atoms with E-state index in [9.17, 15) is 18.3 Å². The number of alkyl halides is 3. The van der Waals surface area contributed by atoms with E-state index >= 15 is 0 Å². The van der Waals surface area contributed by atoms with Crippen LogP contribution in [-0.2, 0) is 12.7 Å². The van der Waals surface area contributed by atoms with Crippen molar-refractivity contribution in [2.24, 2.45) is 5.92 Å². The maximum absolute atomic E-state index is 12.7. The molecule has 0 aliphatic heterocycles. The summed E-state index contributed by atoms with van der Waals surface area (Å²) in [7, 11) is 0. The van der Waals surface area contributed by atoms with Crippen LogP contribution in [-0.4, -0.2) is 22.7 Å². The molecule has 19 heavy (non-hydrogen) atoms. The third-order valence-corrected chi connectivity index (χ3v) is 2.87. The molecule has 6 heteroatoms. The van der Waals surface area contributed by atoms with Crippen molar-refractivity contribution in [1.82, 2.24) is 10.3 Å². The van der Waals surface area contributed by atoms with Crippen LogP contribution < -0.4 is 5.32 Å². The molecule has 1 aromatic rings. The van der Waals surface area contributed by atoms with Gasteiger partial charge < -0.3 is 10.4 Å². The molecule has 2 N–H and O–H groups in total. The number of hydrogen-bond donors (Lipinski definition) is 2. The Hall–Kier alpha value is -1.14. The summed E-state index contributed by atoms with van der Waals surface area (Å²) >= 11 is 0. The van der Waals surface area contributed by atoms with Crippen LogP contribution in [0, 0.1) is 5.92 Å². The highest BCUT2D eigenvalue weighted by Gasteiger charge is 2.33. The maximum Gasteiger partial charge on any atom is 0.418 e. The standard InChI is InChI=1S/C13H19F3N2O/c1-9(2)12(19)5-7-17-8-11-10(13(14,15)16)4-3-6-18-11/h3-4,6,9,12,17,19H,5,7-8H2,1-2H3. The number of aliphatic hydroxyl groups excluding tert-OH is 1. The average Bonchev–Trinajstić information content (AvgIpc) is 2.33. The topological polar surface area (TPSA) is 45.1 Å². The van der Waals surface area contributed by atoms with Gasteiger partial charge in [0.15, 0.2) is 0 Å². The van der Waals surface area contributed by atoms with Crippen LogP contribution in [0.2, 0.25) is 0 Å². The molecule has 0 amide bonds. The van der Waals surface area contributed by atoms with Gasteiger partial charge in [-0.1, -0.05) is 13.8 Å². The molecule has 1 aromatic heterocycles. The highest BCUT2D eigenvalue weighted by molar-refractivity contribution is 5.22. The van der Waals surface area contributed by atoms with Gasteiger partial charge in [-0.15, -0.1) is 0 Å². The number of aromatic nitrogens is 1. The number of pyridine rings is 1. The lowest BCUT2D eigenvalue weighted by atomic mass is 10.0. The Labute approximate surface area is 110 Å². The number of nitrogens with zero attached hydrogens (tertiary/aromatic N) is 1. The van der Waals surface area contributed by atoms with Crippen LogP contribution in [0.3, 0.4) is 0 Å². The van der Waals surface area contributed by atoms with Crippen LogP contribution in [0.1, 0.15) is 31.5 Å². The molecule has 0 saturated carbocycles. The van der Waals surface area contributed by atoms with Crippen molar-refractivity contribution < 1.29 is 18.3 Å². The predicted octanol–water partition coefficient (Wildman–Crippen LogP) is 2.60. The second kappa shape index (κ2) is 6.86. The van der Waals surface area contributed by atoms with Gasteiger partial charge in [0.2, 0.25) is 0 Å². The van der Waals surface area contributed by atoms with Crippen molar-refractivity contribution in [1.29, 1.82) is 0 Å². The first-order valence-corrected chi connectivity index (χ1v) is 6.22. The number of nitrogens with one attached hydrogen (secondary N) is 1. The lowest BCUT2D eigenvalue weighted by Crippen LogP contribution is -2.25. The molecule has 0 aliphatic rings. The third kappa shape index (κ3) is 5.16. The predicted molar refractivity (Wildman–Crippen MR) is 66.4 cm³/mol. The Morgan fingerprint density at radius 2 is 2.05 bits per heavy atom. The van der Waals surface area contributed by atoms with Crippen LogP contribution >= 0.6 is 0 Å². The molecule has 3 nitrogen and oxygen atoms in total. The van der Waals surface area contributed by atoms with Gasteiger partial charge in [0.05, 0.1) is 17.4 Å². The van der Waals surface area contributed by atoms with E-state index in [1.54, 1.807) is 0 Å². The minimum absolute atomic E-state index is 0.0194. The molecule has 0 bridgehead atoms. The van der Waals surface area contributed by atoms with Crippen molar-refractivity contribution in [3.8, 4) is 0 Å². The summed E-state index contributed by atoms with van der Waals surface area (Å²) in [6.07, 6.45) is -2.98. The first-order valence-electron chi connectivity index (χ1n) is 6.22. The van der Waals surface area contributed by atoms with Crippen molar-refractivity contribution >= 4 is 0 Å². The van der Waals surface area contributed by atoms with Crippen molar-refractivity contribution in [3.05, 3.63) is 29.6 Å². The van der Waals surface area contributed by atoms with Gasteiger partial charge in [0.25, 0.3) is 0 Å². The SMILES string of the molecule is CC(C)C(O)CCNCc1ncccc1C(F)(F)F. The minimum Gasteiger partial charge on any atom is -0.393 e. The third-order valence-electron chi connectivity index (χ3n) is 2.87. The monoisotopic (exact) mass is 276 g/mol. The summed E-state index contributed by atoms with van der Waals surface area (Å²) < 4.78 is 38.1. The summed E-state index contributed by atoms with van der Waals surface area (Å²) in [5, 5.41) is 12.4. The molecule has 0 aromatic carbocycles. The van der Waals surface area contributed by atoms with E-state index in [4.69, 9.17) is 0 Å². The molecule has 1 rings (SSSR count). The molecule has 108 valence electrons. The zero-order valence-corrected chi connectivity index (χ0v) is 11.0. The Morgan fingerprint density at radius 1 is 1.37 bits per heavy atom. The lowest BCUT2D eigenvalue weighted by molar-refractivity contribution is -0.138. The van der Waals surface area contributed by atoms with Gasteiger partial charge in [-0.05, 0) is 31.0 Å². The summed E-state index contributed by atoms with van der Waals surface area (Å²) in [5.41, 5.74) is -0.735. The molecule has 0 spiro atoms. The fourth-order valence-corrected chi connectivity index (χ4v) is 1.63. The second-order valence-corrected chi connectivity index (χ2v) is 4.77. The number of halogens is 3. The Balaban J connectivity index is 2.50. The minimum atomic E-state index is -4.39. The molecule has 0 aliphatic carbocycles. The van der Waals surface area contributed by atoms with Gasteiger partial charge in [-0.2, -0.15) is 13.2 Å². The van der Waals surface area contributed by atoms with E-state index in [0.29, 0.717) is 13.0 Å². The number of rotatable bonds is 6. The molecule has 1 unspecified atom stereocenters. The smallest absolute Gasteiger partial charge is 0.393 e. The van der Waals surface area contributed by atoms with Crippen molar-refractivity contribution in [3.63, 3.8) is 0 Å². The second-order valence-electron chi connectivity index (χ2n) is 4.77. The summed E-state index contributed by atoms with van der Waals surface area (Å²) in [5.74, 6) is 0.141. The average molecular weight is 276 g/mol.